The number of fused-ring (bicyclic) bond motifs is 1. The molecule has 1 aliphatic heterocycles. The standard InChI is InChI=1S/C14H18ClNO3S/c15-11-5-1-4-8-14(11)20(17,18)16-9-10-19-13-7-3-2-6-12(13)16/h1,4-5,8,12-13H,2-3,6-7,9-10H2/t12-,13+/m1/s1. The van der Waals surface area contributed by atoms with Gasteiger partial charge in [-0.05, 0) is 25.0 Å². The first kappa shape index (κ1) is 14.3. The number of morpholine rings is 1. The normalized spacial score (nSPS) is 28.1. The van der Waals surface area contributed by atoms with Gasteiger partial charge < -0.3 is 4.74 Å². The molecule has 1 aliphatic carbocycles. The first-order valence-electron chi connectivity index (χ1n) is 6.98. The van der Waals surface area contributed by atoms with Crippen molar-refractivity contribution >= 4 is 21.6 Å². The molecule has 1 saturated carbocycles. The van der Waals surface area contributed by atoms with Crippen LogP contribution in [0.15, 0.2) is 29.2 Å². The Bertz CT molecular complexity index is 588. The molecule has 1 aromatic rings. The van der Waals surface area contributed by atoms with Gasteiger partial charge in [-0.2, -0.15) is 4.31 Å². The average Bonchev–Trinajstić information content (AvgIpc) is 2.47. The van der Waals surface area contributed by atoms with Crippen LogP contribution in [0.2, 0.25) is 5.02 Å². The highest BCUT2D eigenvalue weighted by Crippen LogP contribution is 2.33. The summed E-state index contributed by atoms with van der Waals surface area (Å²) in [7, 11) is -3.54. The van der Waals surface area contributed by atoms with E-state index in [9.17, 15) is 8.42 Å². The molecule has 20 heavy (non-hydrogen) atoms. The van der Waals surface area contributed by atoms with Gasteiger partial charge in [-0.1, -0.05) is 36.6 Å². The maximum Gasteiger partial charge on any atom is 0.244 e. The maximum atomic E-state index is 12.8. The largest absolute Gasteiger partial charge is 0.375 e. The summed E-state index contributed by atoms with van der Waals surface area (Å²) >= 11 is 6.07. The lowest BCUT2D eigenvalue weighted by Gasteiger charge is -2.42. The van der Waals surface area contributed by atoms with Crippen LogP contribution in [-0.2, 0) is 14.8 Å². The molecule has 0 unspecified atom stereocenters. The van der Waals surface area contributed by atoms with Crippen molar-refractivity contribution in [1.82, 2.24) is 4.31 Å². The number of hydrogen-bond acceptors (Lipinski definition) is 3. The van der Waals surface area contributed by atoms with E-state index in [2.05, 4.69) is 0 Å². The molecule has 2 aliphatic rings. The third-order valence-electron chi connectivity index (χ3n) is 4.10. The smallest absolute Gasteiger partial charge is 0.244 e. The van der Waals surface area contributed by atoms with E-state index in [-0.39, 0.29) is 22.1 Å². The third-order valence-corrected chi connectivity index (χ3v) is 6.53. The van der Waals surface area contributed by atoms with Crippen LogP contribution >= 0.6 is 11.6 Å². The predicted molar refractivity (Wildman–Crippen MR) is 77.3 cm³/mol. The zero-order valence-corrected chi connectivity index (χ0v) is 12.7. The Hall–Kier alpha value is -0.620. The highest BCUT2D eigenvalue weighted by atomic mass is 35.5. The minimum Gasteiger partial charge on any atom is -0.375 e. The summed E-state index contributed by atoms with van der Waals surface area (Å²) in [5, 5.41) is 0.284. The number of rotatable bonds is 2. The summed E-state index contributed by atoms with van der Waals surface area (Å²) in [6.07, 6.45) is 4.02. The van der Waals surface area contributed by atoms with Crippen LogP contribution in [0.1, 0.15) is 25.7 Å². The van der Waals surface area contributed by atoms with Gasteiger partial charge in [-0.15, -0.1) is 0 Å². The van der Waals surface area contributed by atoms with Crippen LogP contribution in [0.3, 0.4) is 0 Å². The Labute approximate surface area is 124 Å². The lowest BCUT2D eigenvalue weighted by Crippen LogP contribution is -2.54. The first-order chi connectivity index (χ1) is 9.60. The summed E-state index contributed by atoms with van der Waals surface area (Å²) < 4.78 is 33.0. The van der Waals surface area contributed by atoms with Crippen molar-refractivity contribution in [2.45, 2.75) is 42.7 Å². The molecule has 0 aromatic heterocycles. The summed E-state index contributed by atoms with van der Waals surface area (Å²) in [4.78, 5) is 0.202. The van der Waals surface area contributed by atoms with Crippen LogP contribution in [0, 0.1) is 0 Å². The van der Waals surface area contributed by atoms with E-state index in [0.29, 0.717) is 13.2 Å². The Kier molecular flexibility index (Phi) is 4.04. The van der Waals surface area contributed by atoms with Gasteiger partial charge in [0.05, 0.1) is 23.8 Å². The molecule has 1 saturated heterocycles. The second-order valence-electron chi connectivity index (χ2n) is 5.31. The van der Waals surface area contributed by atoms with Crippen LogP contribution in [0.25, 0.3) is 0 Å². The second kappa shape index (κ2) is 5.64. The number of sulfonamides is 1. The number of ether oxygens (including phenoxy) is 1. The molecular formula is C14H18ClNO3S. The SMILES string of the molecule is O=S(=O)(c1ccccc1Cl)N1CCO[C@H]2CCCC[C@H]21. The lowest BCUT2D eigenvalue weighted by atomic mass is 9.91. The molecule has 0 bridgehead atoms. The summed E-state index contributed by atoms with van der Waals surface area (Å²) in [6.45, 7) is 0.875. The molecule has 0 amide bonds. The van der Waals surface area contributed by atoms with Crippen molar-refractivity contribution in [3.63, 3.8) is 0 Å². The van der Waals surface area contributed by atoms with Crippen LogP contribution in [0.4, 0.5) is 0 Å². The first-order valence-corrected chi connectivity index (χ1v) is 8.80. The minimum atomic E-state index is -3.54. The molecule has 1 heterocycles. The molecule has 0 N–H and O–H groups in total. The molecule has 2 atom stereocenters. The quantitative estimate of drug-likeness (QED) is 0.843. The lowest BCUT2D eigenvalue weighted by molar-refractivity contribution is -0.0586. The highest BCUT2D eigenvalue weighted by molar-refractivity contribution is 7.89. The highest BCUT2D eigenvalue weighted by Gasteiger charge is 2.41. The second-order valence-corrected chi connectivity index (χ2v) is 7.57. The minimum absolute atomic E-state index is 0.0368. The van der Waals surface area contributed by atoms with Crippen molar-refractivity contribution in [2.24, 2.45) is 0 Å². The topological polar surface area (TPSA) is 46.6 Å². The zero-order valence-electron chi connectivity index (χ0n) is 11.2. The van der Waals surface area contributed by atoms with Crippen molar-refractivity contribution < 1.29 is 13.2 Å². The van der Waals surface area contributed by atoms with E-state index in [0.717, 1.165) is 25.7 Å². The van der Waals surface area contributed by atoms with Gasteiger partial charge in [0.15, 0.2) is 0 Å². The van der Waals surface area contributed by atoms with Gasteiger partial charge in [-0.3, -0.25) is 0 Å². The zero-order chi connectivity index (χ0) is 14.2. The van der Waals surface area contributed by atoms with Crippen LogP contribution in [-0.4, -0.2) is 38.0 Å². The molecule has 0 spiro atoms. The Balaban J connectivity index is 1.96. The number of hydrogen-bond donors (Lipinski definition) is 0. The molecular weight excluding hydrogens is 298 g/mol. The van der Waals surface area contributed by atoms with Gasteiger partial charge in [0.1, 0.15) is 4.90 Å². The summed E-state index contributed by atoms with van der Waals surface area (Å²) in [5.41, 5.74) is 0. The van der Waals surface area contributed by atoms with E-state index in [1.54, 1.807) is 28.6 Å². The fourth-order valence-electron chi connectivity index (χ4n) is 3.14. The van der Waals surface area contributed by atoms with Gasteiger partial charge in [-0.25, -0.2) is 8.42 Å². The van der Waals surface area contributed by atoms with Crippen molar-refractivity contribution in [3.05, 3.63) is 29.3 Å². The van der Waals surface area contributed by atoms with E-state index in [4.69, 9.17) is 16.3 Å². The molecule has 0 radical (unpaired) electrons. The van der Waals surface area contributed by atoms with Crippen molar-refractivity contribution in [1.29, 1.82) is 0 Å². The average molecular weight is 316 g/mol. The monoisotopic (exact) mass is 315 g/mol. The fourth-order valence-corrected chi connectivity index (χ4v) is 5.30. The molecule has 3 rings (SSSR count). The van der Waals surface area contributed by atoms with Gasteiger partial charge in [0.25, 0.3) is 0 Å². The Morgan fingerprint density at radius 2 is 1.95 bits per heavy atom. The summed E-state index contributed by atoms with van der Waals surface area (Å²) in [5.74, 6) is 0. The van der Waals surface area contributed by atoms with E-state index >= 15 is 0 Å². The molecule has 110 valence electrons. The fraction of sp³-hybridized carbons (Fsp3) is 0.571. The molecule has 2 fully saturated rings. The molecule has 4 nitrogen and oxygen atoms in total. The molecule has 1 aromatic carbocycles. The van der Waals surface area contributed by atoms with Gasteiger partial charge >= 0.3 is 0 Å². The summed E-state index contributed by atoms with van der Waals surface area (Å²) in [6, 6.07) is 6.60. The number of benzene rings is 1. The van der Waals surface area contributed by atoms with Crippen molar-refractivity contribution in [3.8, 4) is 0 Å². The van der Waals surface area contributed by atoms with Crippen molar-refractivity contribution in [2.75, 3.05) is 13.2 Å². The number of halogens is 1. The molecule has 6 heteroatoms. The maximum absolute atomic E-state index is 12.8. The van der Waals surface area contributed by atoms with E-state index in [1.165, 1.54) is 0 Å². The predicted octanol–water partition coefficient (Wildman–Crippen LogP) is 2.67. The van der Waals surface area contributed by atoms with E-state index < -0.39 is 10.0 Å². The third kappa shape index (κ3) is 2.48. The van der Waals surface area contributed by atoms with Crippen LogP contribution in [0.5, 0.6) is 0 Å². The van der Waals surface area contributed by atoms with Crippen LogP contribution < -0.4 is 0 Å². The Morgan fingerprint density at radius 3 is 2.75 bits per heavy atom. The van der Waals surface area contributed by atoms with Gasteiger partial charge in [0, 0.05) is 6.54 Å². The van der Waals surface area contributed by atoms with E-state index in [1.807, 2.05) is 0 Å². The number of nitrogens with zero attached hydrogens (tertiary/aromatic N) is 1. The Morgan fingerprint density at radius 1 is 1.20 bits per heavy atom. The van der Waals surface area contributed by atoms with Gasteiger partial charge in [0.2, 0.25) is 10.0 Å².